The van der Waals surface area contributed by atoms with Gasteiger partial charge in [-0.1, -0.05) is 24.3 Å². The minimum absolute atomic E-state index is 0.0704. The van der Waals surface area contributed by atoms with Crippen molar-refractivity contribution in [1.82, 2.24) is 0 Å². The lowest BCUT2D eigenvalue weighted by Crippen LogP contribution is -2.23. The largest absolute Gasteiger partial charge is 0.457 e. The average Bonchev–Trinajstić information content (AvgIpc) is 2.89. The highest BCUT2D eigenvalue weighted by Gasteiger charge is 2.32. The molecule has 0 radical (unpaired) electrons. The molecule has 2 aromatic carbocycles. The van der Waals surface area contributed by atoms with E-state index in [1.807, 2.05) is 30.3 Å². The van der Waals surface area contributed by atoms with Crippen molar-refractivity contribution in [3.8, 4) is 11.5 Å². The molecule has 6 heteroatoms. The van der Waals surface area contributed by atoms with Crippen LogP contribution in [-0.4, -0.2) is 25.8 Å². The van der Waals surface area contributed by atoms with Crippen LogP contribution in [0.2, 0.25) is 0 Å². The van der Waals surface area contributed by atoms with Gasteiger partial charge in [-0.2, -0.15) is 0 Å². The fourth-order valence-electron chi connectivity index (χ4n) is 2.51. The molecular weight excluding hydrogens is 314 g/mol. The van der Waals surface area contributed by atoms with Gasteiger partial charge in [0, 0.05) is 11.8 Å². The number of sulfone groups is 1. The first-order chi connectivity index (χ1) is 11.0. The normalized spacial score (nSPS) is 19.2. The number of hydrogen-bond acceptors (Lipinski definition) is 4. The fourth-order valence-corrected chi connectivity index (χ4v) is 4.25. The number of carbonyl (C=O) groups excluding carboxylic acids is 1. The highest BCUT2D eigenvalue weighted by atomic mass is 32.2. The number of carbonyl (C=O) groups is 1. The fraction of sp³-hybridized carbons (Fsp3) is 0.235. The number of ether oxygens (including phenoxy) is 1. The Balaban J connectivity index is 1.67. The predicted molar refractivity (Wildman–Crippen MR) is 88.3 cm³/mol. The van der Waals surface area contributed by atoms with Crippen LogP contribution in [0.4, 0.5) is 5.69 Å². The van der Waals surface area contributed by atoms with E-state index in [0.29, 0.717) is 23.6 Å². The van der Waals surface area contributed by atoms with Crippen LogP contribution in [0.3, 0.4) is 0 Å². The van der Waals surface area contributed by atoms with Crippen LogP contribution in [0.25, 0.3) is 0 Å². The van der Waals surface area contributed by atoms with E-state index in [4.69, 9.17) is 4.74 Å². The number of rotatable bonds is 4. The first-order valence-corrected chi connectivity index (χ1v) is 9.18. The van der Waals surface area contributed by atoms with Crippen molar-refractivity contribution in [2.24, 2.45) is 5.92 Å². The first-order valence-electron chi connectivity index (χ1n) is 7.36. The van der Waals surface area contributed by atoms with E-state index in [1.165, 1.54) is 0 Å². The molecule has 1 unspecified atom stereocenters. The lowest BCUT2D eigenvalue weighted by Gasteiger charge is -2.11. The molecule has 1 aliphatic rings. The Kier molecular flexibility index (Phi) is 4.34. The smallest absolute Gasteiger partial charge is 0.228 e. The second-order valence-corrected chi connectivity index (χ2v) is 7.76. The van der Waals surface area contributed by atoms with Crippen LogP contribution in [0.15, 0.2) is 54.6 Å². The van der Waals surface area contributed by atoms with Gasteiger partial charge in [0.1, 0.15) is 11.5 Å². The number of benzene rings is 2. The van der Waals surface area contributed by atoms with Gasteiger partial charge >= 0.3 is 0 Å². The van der Waals surface area contributed by atoms with Gasteiger partial charge in [0.2, 0.25) is 5.91 Å². The Morgan fingerprint density at radius 1 is 1.04 bits per heavy atom. The van der Waals surface area contributed by atoms with Crippen molar-refractivity contribution in [3.63, 3.8) is 0 Å². The van der Waals surface area contributed by atoms with E-state index >= 15 is 0 Å². The molecule has 1 atom stereocenters. The summed E-state index contributed by atoms with van der Waals surface area (Å²) in [6.07, 6.45) is 0.383. The van der Waals surface area contributed by atoms with Crippen molar-refractivity contribution in [2.45, 2.75) is 6.42 Å². The third-order valence-electron chi connectivity index (χ3n) is 3.68. The lowest BCUT2D eigenvalue weighted by molar-refractivity contribution is -0.119. The summed E-state index contributed by atoms with van der Waals surface area (Å²) >= 11 is 0. The van der Waals surface area contributed by atoms with Gasteiger partial charge in [-0.05, 0) is 30.7 Å². The SMILES string of the molecule is O=C(Nc1cccc(Oc2ccccc2)c1)C1CCS(=O)(=O)C1. The van der Waals surface area contributed by atoms with Gasteiger partial charge in [0.15, 0.2) is 9.84 Å². The van der Waals surface area contributed by atoms with Gasteiger partial charge in [-0.15, -0.1) is 0 Å². The second kappa shape index (κ2) is 6.42. The molecule has 0 aliphatic carbocycles. The maximum Gasteiger partial charge on any atom is 0.228 e. The molecule has 1 fully saturated rings. The summed E-state index contributed by atoms with van der Waals surface area (Å²) in [6.45, 7) is 0. The van der Waals surface area contributed by atoms with Gasteiger partial charge in [-0.3, -0.25) is 4.79 Å². The van der Waals surface area contributed by atoms with Crippen LogP contribution >= 0.6 is 0 Å². The number of anilines is 1. The van der Waals surface area contributed by atoms with Crippen molar-refractivity contribution in [1.29, 1.82) is 0 Å². The molecule has 1 saturated heterocycles. The molecule has 1 heterocycles. The van der Waals surface area contributed by atoms with Crippen LogP contribution < -0.4 is 10.1 Å². The minimum atomic E-state index is -3.07. The number of nitrogens with one attached hydrogen (secondary N) is 1. The van der Waals surface area contributed by atoms with E-state index in [9.17, 15) is 13.2 Å². The monoisotopic (exact) mass is 331 g/mol. The summed E-state index contributed by atoms with van der Waals surface area (Å²) in [5.41, 5.74) is 0.590. The zero-order valence-corrected chi connectivity index (χ0v) is 13.3. The molecule has 5 nitrogen and oxygen atoms in total. The third kappa shape index (κ3) is 4.10. The summed E-state index contributed by atoms with van der Waals surface area (Å²) in [4.78, 5) is 12.2. The Hall–Kier alpha value is -2.34. The minimum Gasteiger partial charge on any atom is -0.457 e. The molecule has 0 aromatic heterocycles. The molecule has 0 bridgehead atoms. The van der Waals surface area contributed by atoms with E-state index in [1.54, 1.807) is 24.3 Å². The van der Waals surface area contributed by atoms with E-state index < -0.39 is 15.8 Å². The number of amides is 1. The summed E-state index contributed by atoms with van der Waals surface area (Å²) in [7, 11) is -3.07. The molecule has 1 amide bonds. The molecular formula is C17H17NO4S. The quantitative estimate of drug-likeness (QED) is 0.935. The maximum absolute atomic E-state index is 12.2. The molecule has 0 spiro atoms. The molecule has 23 heavy (non-hydrogen) atoms. The number of hydrogen-bond donors (Lipinski definition) is 1. The maximum atomic E-state index is 12.2. The van der Waals surface area contributed by atoms with Crippen molar-refractivity contribution in [2.75, 3.05) is 16.8 Å². The van der Waals surface area contributed by atoms with E-state index in [-0.39, 0.29) is 17.4 Å². The summed E-state index contributed by atoms with van der Waals surface area (Å²) in [5.74, 6) is 0.592. The number of para-hydroxylation sites is 1. The van der Waals surface area contributed by atoms with Gasteiger partial charge < -0.3 is 10.1 Å². The molecule has 2 aromatic rings. The van der Waals surface area contributed by atoms with Crippen LogP contribution in [0, 0.1) is 5.92 Å². The molecule has 120 valence electrons. The predicted octanol–water partition coefficient (Wildman–Crippen LogP) is 2.85. The molecule has 3 rings (SSSR count). The summed E-state index contributed by atoms with van der Waals surface area (Å²) < 4.78 is 28.6. The van der Waals surface area contributed by atoms with Crippen molar-refractivity contribution >= 4 is 21.4 Å². The first kappa shape index (κ1) is 15.6. The van der Waals surface area contributed by atoms with Crippen molar-refractivity contribution in [3.05, 3.63) is 54.6 Å². The Labute approximate surface area is 135 Å². The van der Waals surface area contributed by atoms with Crippen LogP contribution in [-0.2, 0) is 14.6 Å². The molecule has 0 saturated carbocycles. The van der Waals surface area contributed by atoms with Gasteiger partial charge in [-0.25, -0.2) is 8.42 Å². The average molecular weight is 331 g/mol. The molecule has 1 N–H and O–H groups in total. The summed E-state index contributed by atoms with van der Waals surface area (Å²) in [6, 6.07) is 16.4. The van der Waals surface area contributed by atoms with E-state index in [2.05, 4.69) is 5.32 Å². The second-order valence-electron chi connectivity index (χ2n) is 5.53. The highest BCUT2D eigenvalue weighted by molar-refractivity contribution is 7.91. The zero-order chi connectivity index (χ0) is 16.3. The third-order valence-corrected chi connectivity index (χ3v) is 5.45. The van der Waals surface area contributed by atoms with Crippen LogP contribution in [0.5, 0.6) is 11.5 Å². The van der Waals surface area contributed by atoms with Gasteiger partial charge in [0.05, 0.1) is 17.4 Å². The Morgan fingerprint density at radius 3 is 2.48 bits per heavy atom. The van der Waals surface area contributed by atoms with E-state index in [0.717, 1.165) is 0 Å². The molecule has 1 aliphatic heterocycles. The van der Waals surface area contributed by atoms with Gasteiger partial charge in [0.25, 0.3) is 0 Å². The van der Waals surface area contributed by atoms with Crippen molar-refractivity contribution < 1.29 is 17.9 Å². The summed E-state index contributed by atoms with van der Waals surface area (Å²) in [5, 5.41) is 2.76. The zero-order valence-electron chi connectivity index (χ0n) is 12.4. The standard InChI is InChI=1S/C17H17NO4S/c19-17(13-9-10-23(20,21)12-13)18-14-5-4-8-16(11-14)22-15-6-2-1-3-7-15/h1-8,11,13H,9-10,12H2,(H,18,19). The Bertz CT molecular complexity index is 802. The Morgan fingerprint density at radius 2 is 1.78 bits per heavy atom. The highest BCUT2D eigenvalue weighted by Crippen LogP contribution is 2.25. The topological polar surface area (TPSA) is 72.5 Å². The lowest BCUT2D eigenvalue weighted by atomic mass is 10.1. The van der Waals surface area contributed by atoms with Crippen LogP contribution in [0.1, 0.15) is 6.42 Å².